The molecule has 2 aromatic rings. The van der Waals surface area contributed by atoms with Gasteiger partial charge in [-0.1, -0.05) is 0 Å². The van der Waals surface area contributed by atoms with Crippen molar-refractivity contribution in [3.63, 3.8) is 0 Å². The quantitative estimate of drug-likeness (QED) is 0.937. The maximum absolute atomic E-state index is 12.5. The largest absolute Gasteiger partial charge is 0.416 e. The number of hydrogen-bond acceptors (Lipinski definition) is 2. The second-order valence-corrected chi connectivity index (χ2v) is 4.64. The van der Waals surface area contributed by atoms with Gasteiger partial charge in [0, 0.05) is 17.8 Å². The average Bonchev–Trinajstić information content (AvgIpc) is 2.66. The zero-order valence-corrected chi connectivity index (χ0v) is 11.5. The first-order valence-electron chi connectivity index (χ1n) is 6.22. The molecule has 0 amide bonds. The maximum Gasteiger partial charge on any atom is 0.416 e. The summed E-state index contributed by atoms with van der Waals surface area (Å²) < 4.78 is 39.3. The van der Waals surface area contributed by atoms with Crippen molar-refractivity contribution in [2.24, 2.45) is 0 Å². The van der Waals surface area contributed by atoms with E-state index in [0.29, 0.717) is 12.2 Å². The van der Waals surface area contributed by atoms with Crippen LogP contribution < -0.4 is 5.32 Å². The van der Waals surface area contributed by atoms with Gasteiger partial charge < -0.3 is 5.32 Å². The fourth-order valence-electron chi connectivity index (χ4n) is 2.15. The Morgan fingerprint density at radius 3 is 2.25 bits per heavy atom. The van der Waals surface area contributed by atoms with Gasteiger partial charge >= 0.3 is 6.18 Å². The Morgan fingerprint density at radius 2 is 1.75 bits per heavy atom. The summed E-state index contributed by atoms with van der Waals surface area (Å²) in [5.41, 5.74) is 2.83. The van der Waals surface area contributed by atoms with Gasteiger partial charge in [0.05, 0.1) is 16.9 Å². The molecule has 108 valence electrons. The monoisotopic (exact) mass is 283 g/mol. The molecule has 0 radical (unpaired) electrons. The molecule has 0 aliphatic carbocycles. The number of hydrogen-bond donors (Lipinski definition) is 1. The van der Waals surface area contributed by atoms with Crippen molar-refractivity contribution in [3.8, 4) is 5.69 Å². The number of halogens is 3. The minimum Gasteiger partial charge on any atom is -0.316 e. The van der Waals surface area contributed by atoms with E-state index in [1.54, 1.807) is 4.68 Å². The number of alkyl halides is 3. The topological polar surface area (TPSA) is 29.9 Å². The molecule has 6 heteroatoms. The van der Waals surface area contributed by atoms with E-state index in [1.807, 2.05) is 20.9 Å². The van der Waals surface area contributed by atoms with E-state index in [-0.39, 0.29) is 0 Å². The van der Waals surface area contributed by atoms with Gasteiger partial charge in [0.2, 0.25) is 0 Å². The van der Waals surface area contributed by atoms with Crippen molar-refractivity contribution in [2.45, 2.75) is 26.6 Å². The summed E-state index contributed by atoms with van der Waals surface area (Å²) in [5.74, 6) is 0. The lowest BCUT2D eigenvalue weighted by molar-refractivity contribution is -0.137. The summed E-state index contributed by atoms with van der Waals surface area (Å²) in [4.78, 5) is 0. The van der Waals surface area contributed by atoms with E-state index in [2.05, 4.69) is 10.4 Å². The third-order valence-electron chi connectivity index (χ3n) is 3.23. The molecule has 0 saturated carbocycles. The average molecular weight is 283 g/mol. The van der Waals surface area contributed by atoms with Gasteiger partial charge in [-0.2, -0.15) is 18.3 Å². The Morgan fingerprint density at radius 1 is 1.15 bits per heavy atom. The molecule has 1 aromatic heterocycles. The lowest BCUT2D eigenvalue weighted by Crippen LogP contribution is -2.08. The molecule has 0 bridgehead atoms. The predicted octanol–water partition coefficient (Wildman–Crippen LogP) is 3.23. The number of aromatic nitrogens is 2. The Labute approximate surface area is 115 Å². The van der Waals surface area contributed by atoms with Crippen LogP contribution in [0.4, 0.5) is 13.2 Å². The Kier molecular flexibility index (Phi) is 3.85. The van der Waals surface area contributed by atoms with Gasteiger partial charge in [-0.15, -0.1) is 0 Å². The van der Waals surface area contributed by atoms with Crippen LogP contribution in [0.15, 0.2) is 24.3 Å². The highest BCUT2D eigenvalue weighted by Crippen LogP contribution is 2.30. The van der Waals surface area contributed by atoms with Crippen LogP contribution in [0.2, 0.25) is 0 Å². The van der Waals surface area contributed by atoms with Gasteiger partial charge in [0.1, 0.15) is 0 Å². The van der Waals surface area contributed by atoms with Crippen LogP contribution in [-0.2, 0) is 12.7 Å². The minimum atomic E-state index is -4.31. The van der Waals surface area contributed by atoms with Crippen molar-refractivity contribution in [2.75, 3.05) is 7.05 Å². The normalized spacial score (nSPS) is 11.9. The molecule has 0 saturated heterocycles. The highest BCUT2D eigenvalue weighted by atomic mass is 19.4. The lowest BCUT2D eigenvalue weighted by atomic mass is 10.2. The van der Waals surface area contributed by atoms with E-state index < -0.39 is 11.7 Å². The van der Waals surface area contributed by atoms with E-state index in [4.69, 9.17) is 0 Å². The van der Waals surface area contributed by atoms with E-state index in [1.165, 1.54) is 12.1 Å². The van der Waals surface area contributed by atoms with Crippen LogP contribution in [-0.4, -0.2) is 16.8 Å². The Bertz CT molecular complexity index is 597. The van der Waals surface area contributed by atoms with E-state index >= 15 is 0 Å². The summed E-state index contributed by atoms with van der Waals surface area (Å²) in [6.07, 6.45) is -4.31. The second kappa shape index (κ2) is 5.28. The molecule has 1 N–H and O–H groups in total. The Balaban J connectivity index is 2.40. The molecular formula is C14H16F3N3. The molecule has 1 aromatic carbocycles. The highest BCUT2D eigenvalue weighted by Gasteiger charge is 2.30. The first kappa shape index (κ1) is 14.6. The van der Waals surface area contributed by atoms with Gasteiger partial charge in [0.15, 0.2) is 0 Å². The lowest BCUT2D eigenvalue weighted by Gasteiger charge is -2.09. The zero-order valence-electron chi connectivity index (χ0n) is 11.5. The van der Waals surface area contributed by atoms with Crippen molar-refractivity contribution in [1.82, 2.24) is 15.1 Å². The third-order valence-corrected chi connectivity index (χ3v) is 3.23. The van der Waals surface area contributed by atoms with Crippen LogP contribution in [0.1, 0.15) is 22.5 Å². The van der Waals surface area contributed by atoms with Crippen molar-refractivity contribution in [3.05, 3.63) is 46.8 Å². The summed E-state index contributed by atoms with van der Waals surface area (Å²) in [5, 5.41) is 7.44. The number of nitrogens with one attached hydrogen (secondary N) is 1. The molecule has 2 rings (SSSR count). The number of nitrogens with zero attached hydrogens (tertiary/aromatic N) is 2. The summed E-state index contributed by atoms with van der Waals surface area (Å²) >= 11 is 0. The molecule has 0 aliphatic rings. The SMILES string of the molecule is CNCc1c(C)nn(-c2ccc(C(F)(F)F)cc2)c1C. The van der Waals surface area contributed by atoms with Crippen LogP contribution in [0.25, 0.3) is 5.69 Å². The standard InChI is InChI=1S/C14H16F3N3/c1-9-13(8-18-3)10(2)20(19-9)12-6-4-11(5-7-12)14(15,16)17/h4-7,18H,8H2,1-3H3. The van der Waals surface area contributed by atoms with Gasteiger partial charge in [-0.3, -0.25) is 0 Å². The number of benzene rings is 1. The van der Waals surface area contributed by atoms with Gasteiger partial charge in [0.25, 0.3) is 0 Å². The molecule has 0 atom stereocenters. The molecule has 0 unspecified atom stereocenters. The number of aryl methyl sites for hydroxylation is 1. The number of rotatable bonds is 3. The molecule has 3 nitrogen and oxygen atoms in total. The maximum atomic E-state index is 12.5. The molecule has 0 fully saturated rings. The van der Waals surface area contributed by atoms with Gasteiger partial charge in [-0.25, -0.2) is 4.68 Å². The molecule has 0 aliphatic heterocycles. The molecular weight excluding hydrogens is 267 g/mol. The molecule has 20 heavy (non-hydrogen) atoms. The molecule has 0 spiro atoms. The van der Waals surface area contributed by atoms with Crippen LogP contribution in [0, 0.1) is 13.8 Å². The summed E-state index contributed by atoms with van der Waals surface area (Å²) in [6.45, 7) is 4.48. The molecule has 1 heterocycles. The summed E-state index contributed by atoms with van der Waals surface area (Å²) in [7, 11) is 1.84. The fourth-order valence-corrected chi connectivity index (χ4v) is 2.15. The minimum absolute atomic E-state index is 0.626. The Hall–Kier alpha value is -1.82. The smallest absolute Gasteiger partial charge is 0.316 e. The summed E-state index contributed by atoms with van der Waals surface area (Å²) in [6, 6.07) is 5.02. The van der Waals surface area contributed by atoms with Crippen LogP contribution in [0.5, 0.6) is 0 Å². The first-order chi connectivity index (χ1) is 9.34. The van der Waals surface area contributed by atoms with Crippen molar-refractivity contribution in [1.29, 1.82) is 0 Å². The third kappa shape index (κ3) is 2.70. The predicted molar refractivity (Wildman–Crippen MR) is 70.8 cm³/mol. The van der Waals surface area contributed by atoms with Crippen molar-refractivity contribution >= 4 is 0 Å². The first-order valence-corrected chi connectivity index (χ1v) is 6.22. The fraction of sp³-hybridized carbons (Fsp3) is 0.357. The zero-order chi connectivity index (χ0) is 14.9. The highest BCUT2D eigenvalue weighted by molar-refractivity contribution is 5.39. The second-order valence-electron chi connectivity index (χ2n) is 4.64. The van der Waals surface area contributed by atoms with Crippen LogP contribution in [0.3, 0.4) is 0 Å². The van der Waals surface area contributed by atoms with Gasteiger partial charge in [-0.05, 0) is 45.2 Å². The van der Waals surface area contributed by atoms with Crippen molar-refractivity contribution < 1.29 is 13.2 Å². The van der Waals surface area contributed by atoms with E-state index in [0.717, 1.165) is 29.1 Å². The van der Waals surface area contributed by atoms with E-state index in [9.17, 15) is 13.2 Å². The van der Waals surface area contributed by atoms with Crippen LogP contribution >= 0.6 is 0 Å².